The van der Waals surface area contributed by atoms with Crippen LogP contribution in [0.25, 0.3) is 0 Å². The summed E-state index contributed by atoms with van der Waals surface area (Å²) in [5.41, 5.74) is 0. The van der Waals surface area contributed by atoms with E-state index in [9.17, 15) is 13.5 Å². The number of piperidine rings is 1. The molecule has 0 amide bonds. The fourth-order valence-corrected chi connectivity index (χ4v) is 6.90. The summed E-state index contributed by atoms with van der Waals surface area (Å²) >= 11 is 6.67. The molecule has 7 heteroatoms. The Morgan fingerprint density at radius 3 is 2.30 bits per heavy atom. The lowest BCUT2D eigenvalue weighted by atomic mass is 10.0. The first-order valence-electron chi connectivity index (χ1n) is 6.56. The van der Waals surface area contributed by atoms with Crippen molar-refractivity contribution in [2.75, 3.05) is 0 Å². The summed E-state index contributed by atoms with van der Waals surface area (Å²) in [6.45, 7) is 0. The van der Waals surface area contributed by atoms with Crippen molar-refractivity contribution in [1.29, 1.82) is 0 Å². The standard InChI is InChI=1S/C13H15Br2NO3S/c14-8-1-4-13(12(15)5-8)20(18,19)16-9-2-3-10(16)7-11(17)6-9/h1,4-5,9-11,17H,2-3,6-7H2. The second-order valence-electron chi connectivity index (χ2n) is 5.42. The van der Waals surface area contributed by atoms with Crippen LogP contribution in [0.4, 0.5) is 0 Å². The normalized spacial score (nSPS) is 30.6. The van der Waals surface area contributed by atoms with E-state index in [0.717, 1.165) is 17.3 Å². The minimum Gasteiger partial charge on any atom is -0.393 e. The number of aliphatic hydroxyl groups excluding tert-OH is 1. The maximum Gasteiger partial charge on any atom is 0.244 e. The molecule has 2 heterocycles. The zero-order chi connectivity index (χ0) is 14.5. The molecule has 0 spiro atoms. The summed E-state index contributed by atoms with van der Waals surface area (Å²) in [5, 5.41) is 9.80. The fourth-order valence-electron chi connectivity index (χ4n) is 3.30. The van der Waals surface area contributed by atoms with Crippen LogP contribution >= 0.6 is 31.9 Å². The molecule has 2 bridgehead atoms. The van der Waals surface area contributed by atoms with Gasteiger partial charge in [0.2, 0.25) is 10.0 Å². The lowest BCUT2D eigenvalue weighted by molar-refractivity contribution is 0.0768. The third-order valence-corrected chi connectivity index (χ3v) is 7.57. The number of rotatable bonds is 2. The molecule has 0 radical (unpaired) electrons. The van der Waals surface area contributed by atoms with Crippen molar-refractivity contribution in [1.82, 2.24) is 4.31 Å². The Hall–Kier alpha value is 0.0500. The lowest BCUT2D eigenvalue weighted by Gasteiger charge is -2.36. The van der Waals surface area contributed by atoms with Crippen LogP contribution < -0.4 is 0 Å². The highest BCUT2D eigenvalue weighted by atomic mass is 79.9. The van der Waals surface area contributed by atoms with Crippen molar-refractivity contribution >= 4 is 41.9 Å². The van der Waals surface area contributed by atoms with E-state index < -0.39 is 10.0 Å². The van der Waals surface area contributed by atoms with Crippen molar-refractivity contribution in [3.05, 3.63) is 27.1 Å². The fraction of sp³-hybridized carbons (Fsp3) is 0.538. The van der Waals surface area contributed by atoms with Crippen LogP contribution in [0.15, 0.2) is 32.0 Å². The van der Waals surface area contributed by atoms with E-state index in [1.165, 1.54) is 0 Å². The van der Waals surface area contributed by atoms with Crippen molar-refractivity contribution in [3.63, 3.8) is 0 Å². The van der Waals surface area contributed by atoms with Gasteiger partial charge in [-0.2, -0.15) is 4.31 Å². The molecule has 2 fully saturated rings. The van der Waals surface area contributed by atoms with E-state index in [0.29, 0.717) is 22.2 Å². The first-order valence-corrected chi connectivity index (χ1v) is 9.59. The number of sulfonamides is 1. The van der Waals surface area contributed by atoms with E-state index in [1.54, 1.807) is 22.5 Å². The molecule has 2 saturated heterocycles. The number of halogens is 2. The van der Waals surface area contributed by atoms with Crippen LogP contribution in [0.2, 0.25) is 0 Å². The molecule has 1 aromatic rings. The van der Waals surface area contributed by atoms with E-state index in [2.05, 4.69) is 31.9 Å². The summed E-state index contributed by atoms with van der Waals surface area (Å²) in [7, 11) is -3.51. The van der Waals surface area contributed by atoms with Gasteiger partial charge in [-0.3, -0.25) is 0 Å². The molecule has 2 aliphatic heterocycles. The second-order valence-corrected chi connectivity index (χ2v) is 9.00. The minimum atomic E-state index is -3.51. The Kier molecular flexibility index (Phi) is 4.01. The van der Waals surface area contributed by atoms with E-state index >= 15 is 0 Å². The Balaban J connectivity index is 2.01. The zero-order valence-electron chi connectivity index (χ0n) is 10.7. The highest BCUT2D eigenvalue weighted by Gasteiger charge is 2.47. The molecule has 2 atom stereocenters. The third kappa shape index (κ3) is 2.47. The van der Waals surface area contributed by atoms with Gasteiger partial charge in [-0.1, -0.05) is 15.9 Å². The topological polar surface area (TPSA) is 57.6 Å². The van der Waals surface area contributed by atoms with Crippen LogP contribution in [0.5, 0.6) is 0 Å². The molecule has 0 saturated carbocycles. The summed E-state index contributed by atoms with van der Waals surface area (Å²) in [4.78, 5) is 0.300. The first kappa shape index (κ1) is 15.0. The molecule has 4 nitrogen and oxygen atoms in total. The highest BCUT2D eigenvalue weighted by molar-refractivity contribution is 9.11. The van der Waals surface area contributed by atoms with Gasteiger partial charge in [0.1, 0.15) is 0 Å². The molecule has 0 aromatic heterocycles. The summed E-state index contributed by atoms with van der Waals surface area (Å²) in [5.74, 6) is 0. The number of hydrogen-bond donors (Lipinski definition) is 1. The molecule has 0 aliphatic carbocycles. The predicted octanol–water partition coefficient (Wildman–Crippen LogP) is 2.89. The highest BCUT2D eigenvalue weighted by Crippen LogP contribution is 2.41. The Morgan fingerprint density at radius 2 is 1.75 bits per heavy atom. The lowest BCUT2D eigenvalue weighted by Crippen LogP contribution is -2.47. The van der Waals surface area contributed by atoms with Gasteiger partial charge in [-0.05, 0) is 59.8 Å². The number of benzene rings is 1. The van der Waals surface area contributed by atoms with Crippen LogP contribution in [0, 0.1) is 0 Å². The smallest absolute Gasteiger partial charge is 0.244 e. The average Bonchev–Trinajstić information content (AvgIpc) is 2.62. The van der Waals surface area contributed by atoms with Gasteiger partial charge in [0.05, 0.1) is 11.0 Å². The van der Waals surface area contributed by atoms with Crippen molar-refractivity contribution in [2.45, 2.75) is 48.8 Å². The second kappa shape index (κ2) is 5.35. The molecule has 2 unspecified atom stereocenters. The van der Waals surface area contributed by atoms with Gasteiger partial charge >= 0.3 is 0 Å². The van der Waals surface area contributed by atoms with E-state index in [-0.39, 0.29) is 18.2 Å². The maximum atomic E-state index is 12.9. The van der Waals surface area contributed by atoms with Gasteiger partial charge in [0.15, 0.2) is 0 Å². The quantitative estimate of drug-likeness (QED) is 0.793. The van der Waals surface area contributed by atoms with Crippen molar-refractivity contribution < 1.29 is 13.5 Å². The van der Waals surface area contributed by atoms with E-state index in [1.807, 2.05) is 0 Å². The average molecular weight is 425 g/mol. The molecule has 1 aromatic carbocycles. The molecule has 2 aliphatic rings. The van der Waals surface area contributed by atoms with Crippen molar-refractivity contribution in [2.24, 2.45) is 0 Å². The minimum absolute atomic E-state index is 0.0655. The van der Waals surface area contributed by atoms with Gasteiger partial charge in [-0.15, -0.1) is 0 Å². The van der Waals surface area contributed by atoms with Gasteiger partial charge in [-0.25, -0.2) is 8.42 Å². The van der Waals surface area contributed by atoms with Crippen LogP contribution in [-0.4, -0.2) is 36.0 Å². The molecular weight excluding hydrogens is 410 g/mol. The van der Waals surface area contributed by atoms with Crippen LogP contribution in [-0.2, 0) is 10.0 Å². The Bertz CT molecular complexity index is 621. The number of nitrogens with zero attached hydrogens (tertiary/aromatic N) is 1. The predicted molar refractivity (Wildman–Crippen MR) is 82.9 cm³/mol. The van der Waals surface area contributed by atoms with Gasteiger partial charge in [0, 0.05) is 21.0 Å². The molecular formula is C13H15Br2NO3S. The van der Waals surface area contributed by atoms with E-state index in [4.69, 9.17) is 0 Å². The van der Waals surface area contributed by atoms with Gasteiger partial charge in [0.25, 0.3) is 0 Å². The number of fused-ring (bicyclic) bond motifs is 2. The number of aliphatic hydroxyl groups is 1. The summed E-state index contributed by atoms with van der Waals surface area (Å²) in [6.07, 6.45) is 2.41. The Labute approximate surface area is 135 Å². The molecule has 1 N–H and O–H groups in total. The monoisotopic (exact) mass is 423 g/mol. The summed E-state index contributed by atoms with van der Waals surface area (Å²) in [6, 6.07) is 4.97. The SMILES string of the molecule is O=S(=O)(c1ccc(Br)cc1Br)N1C2CCC1CC(O)C2. The summed E-state index contributed by atoms with van der Waals surface area (Å²) < 4.78 is 28.8. The molecule has 20 heavy (non-hydrogen) atoms. The molecule has 110 valence electrons. The zero-order valence-corrected chi connectivity index (χ0v) is 14.7. The van der Waals surface area contributed by atoms with Crippen LogP contribution in [0.1, 0.15) is 25.7 Å². The first-order chi connectivity index (χ1) is 9.39. The third-order valence-electron chi connectivity index (χ3n) is 4.09. The van der Waals surface area contributed by atoms with Crippen LogP contribution in [0.3, 0.4) is 0 Å². The largest absolute Gasteiger partial charge is 0.393 e. The van der Waals surface area contributed by atoms with Gasteiger partial charge < -0.3 is 5.11 Å². The Morgan fingerprint density at radius 1 is 1.15 bits per heavy atom. The molecule has 3 rings (SSSR count). The number of hydrogen-bond acceptors (Lipinski definition) is 3. The maximum absolute atomic E-state index is 12.9. The van der Waals surface area contributed by atoms with Crippen molar-refractivity contribution in [3.8, 4) is 0 Å².